The van der Waals surface area contributed by atoms with Crippen LogP contribution in [0.2, 0.25) is 10.0 Å². The molecule has 0 heterocycles. The van der Waals surface area contributed by atoms with Gasteiger partial charge >= 0.3 is 0 Å². The fourth-order valence-corrected chi connectivity index (χ4v) is 1.88. The van der Waals surface area contributed by atoms with E-state index >= 15 is 0 Å². The number of ether oxygens (including phenoxy) is 1. The molecule has 5 heteroatoms. The van der Waals surface area contributed by atoms with Gasteiger partial charge in [-0.15, -0.1) is 0 Å². The molecule has 0 radical (unpaired) electrons. The van der Waals surface area contributed by atoms with Crippen LogP contribution in [0.3, 0.4) is 0 Å². The molecule has 0 aliphatic heterocycles. The predicted molar refractivity (Wildman–Crippen MR) is 74.8 cm³/mol. The lowest BCUT2D eigenvalue weighted by atomic mass is 10.1. The molecule has 0 saturated carbocycles. The van der Waals surface area contributed by atoms with Crippen LogP contribution in [0, 0.1) is 0 Å². The second-order valence-corrected chi connectivity index (χ2v) is 4.83. The monoisotopic (exact) mass is 289 g/mol. The van der Waals surface area contributed by atoms with E-state index in [0.29, 0.717) is 41.9 Å². The Morgan fingerprint density at radius 1 is 1.39 bits per heavy atom. The Morgan fingerprint density at radius 3 is 2.78 bits per heavy atom. The average molecular weight is 290 g/mol. The molecular weight excluding hydrogens is 273 g/mol. The Hall–Kier alpha value is -0.610. The van der Waals surface area contributed by atoms with Crippen LogP contribution in [0.1, 0.15) is 17.3 Å². The summed E-state index contributed by atoms with van der Waals surface area (Å²) >= 11 is 11.8. The van der Waals surface area contributed by atoms with Crippen molar-refractivity contribution in [3.8, 4) is 0 Å². The molecule has 18 heavy (non-hydrogen) atoms. The van der Waals surface area contributed by atoms with Gasteiger partial charge in [0.05, 0.1) is 18.2 Å². The third-order valence-corrected chi connectivity index (χ3v) is 3.03. The molecule has 0 saturated heterocycles. The van der Waals surface area contributed by atoms with Crippen molar-refractivity contribution < 1.29 is 9.53 Å². The number of hydrogen-bond donors (Lipinski definition) is 0. The Bertz CT molecular complexity index is 410. The first-order valence-corrected chi connectivity index (χ1v) is 6.54. The van der Waals surface area contributed by atoms with Crippen LogP contribution < -0.4 is 0 Å². The summed E-state index contributed by atoms with van der Waals surface area (Å²) < 4.78 is 5.23. The number of nitrogens with zero attached hydrogens (tertiary/aromatic N) is 1. The maximum absolute atomic E-state index is 12.0. The van der Waals surface area contributed by atoms with E-state index in [1.807, 2.05) is 18.9 Å². The Balaban J connectivity index is 2.56. The maximum Gasteiger partial charge on any atom is 0.178 e. The van der Waals surface area contributed by atoms with Gasteiger partial charge in [-0.05, 0) is 32.2 Å². The average Bonchev–Trinajstić information content (AvgIpc) is 2.32. The fraction of sp³-hybridized carbons (Fsp3) is 0.462. The molecule has 0 aliphatic rings. The second-order valence-electron chi connectivity index (χ2n) is 3.98. The van der Waals surface area contributed by atoms with Gasteiger partial charge in [0.25, 0.3) is 0 Å². The van der Waals surface area contributed by atoms with Gasteiger partial charge in [0.1, 0.15) is 0 Å². The van der Waals surface area contributed by atoms with E-state index in [2.05, 4.69) is 0 Å². The summed E-state index contributed by atoms with van der Waals surface area (Å²) in [5.41, 5.74) is 0.465. The summed E-state index contributed by atoms with van der Waals surface area (Å²) in [4.78, 5) is 13.9. The van der Waals surface area contributed by atoms with Crippen molar-refractivity contribution in [3.63, 3.8) is 0 Å². The van der Waals surface area contributed by atoms with Gasteiger partial charge in [0, 0.05) is 23.7 Å². The fourth-order valence-electron chi connectivity index (χ4n) is 1.49. The normalized spacial score (nSPS) is 10.9. The SMILES string of the molecule is CCOCCN(C)CC(=O)c1cc(Cl)ccc1Cl. The van der Waals surface area contributed by atoms with Gasteiger partial charge < -0.3 is 4.74 Å². The zero-order chi connectivity index (χ0) is 13.5. The summed E-state index contributed by atoms with van der Waals surface area (Å²) in [6.45, 7) is 4.24. The molecule has 3 nitrogen and oxygen atoms in total. The number of benzene rings is 1. The Labute approximate surface area is 118 Å². The number of rotatable bonds is 7. The number of hydrogen-bond acceptors (Lipinski definition) is 3. The van der Waals surface area contributed by atoms with Crippen LogP contribution in [0.15, 0.2) is 18.2 Å². The molecule has 0 amide bonds. The van der Waals surface area contributed by atoms with Crippen molar-refractivity contribution in [2.24, 2.45) is 0 Å². The van der Waals surface area contributed by atoms with Gasteiger partial charge in [0.15, 0.2) is 5.78 Å². The molecule has 100 valence electrons. The van der Waals surface area contributed by atoms with Crippen LogP contribution in [0.25, 0.3) is 0 Å². The molecule has 0 aliphatic carbocycles. The molecule has 1 rings (SSSR count). The maximum atomic E-state index is 12.0. The molecule has 0 N–H and O–H groups in total. The highest BCUT2D eigenvalue weighted by atomic mass is 35.5. The number of likely N-dealkylation sites (N-methyl/N-ethyl adjacent to an activating group) is 1. The number of halogens is 2. The van der Waals surface area contributed by atoms with Crippen molar-refractivity contribution in [2.75, 3.05) is 33.4 Å². The lowest BCUT2D eigenvalue weighted by Gasteiger charge is -2.15. The topological polar surface area (TPSA) is 29.5 Å². The number of ketones is 1. The van der Waals surface area contributed by atoms with Crippen molar-refractivity contribution in [1.82, 2.24) is 4.90 Å². The number of carbonyl (C=O) groups is 1. The molecule has 0 spiro atoms. The molecule has 1 aromatic carbocycles. The van der Waals surface area contributed by atoms with Crippen LogP contribution >= 0.6 is 23.2 Å². The quantitative estimate of drug-likeness (QED) is 0.570. The van der Waals surface area contributed by atoms with Crippen LogP contribution in [-0.4, -0.2) is 44.0 Å². The summed E-state index contributed by atoms with van der Waals surface area (Å²) in [7, 11) is 1.87. The molecule has 0 fully saturated rings. The van der Waals surface area contributed by atoms with Crippen LogP contribution in [-0.2, 0) is 4.74 Å². The van der Waals surface area contributed by atoms with Crippen LogP contribution in [0.4, 0.5) is 0 Å². The predicted octanol–water partition coefficient (Wildman–Crippen LogP) is 3.14. The minimum atomic E-state index is -0.0403. The minimum absolute atomic E-state index is 0.0403. The number of Topliss-reactive ketones (excluding diaryl/α,β-unsaturated/α-hetero) is 1. The standard InChI is InChI=1S/C13H17Cl2NO2/c1-3-18-7-6-16(2)9-13(17)11-8-10(14)4-5-12(11)15/h4-5,8H,3,6-7,9H2,1-2H3. The third kappa shape index (κ3) is 4.94. The molecule has 0 aromatic heterocycles. The second kappa shape index (κ2) is 7.74. The lowest BCUT2D eigenvalue weighted by molar-refractivity contribution is 0.0897. The van der Waals surface area contributed by atoms with E-state index in [4.69, 9.17) is 27.9 Å². The molecule has 0 unspecified atom stereocenters. The van der Waals surface area contributed by atoms with Gasteiger partial charge in [-0.2, -0.15) is 0 Å². The highest BCUT2D eigenvalue weighted by molar-refractivity contribution is 6.36. The first-order valence-electron chi connectivity index (χ1n) is 5.79. The Morgan fingerprint density at radius 2 is 2.11 bits per heavy atom. The zero-order valence-corrected chi connectivity index (χ0v) is 12.1. The summed E-state index contributed by atoms with van der Waals surface area (Å²) in [5, 5.41) is 0.947. The minimum Gasteiger partial charge on any atom is -0.380 e. The lowest BCUT2D eigenvalue weighted by Crippen LogP contribution is -2.29. The van der Waals surface area contributed by atoms with Gasteiger partial charge in [0.2, 0.25) is 0 Å². The van der Waals surface area contributed by atoms with E-state index < -0.39 is 0 Å². The zero-order valence-electron chi connectivity index (χ0n) is 10.6. The van der Waals surface area contributed by atoms with Crippen molar-refractivity contribution >= 4 is 29.0 Å². The molecule has 1 aromatic rings. The van der Waals surface area contributed by atoms with E-state index in [1.54, 1.807) is 18.2 Å². The highest BCUT2D eigenvalue weighted by Gasteiger charge is 2.13. The third-order valence-electron chi connectivity index (χ3n) is 2.46. The van der Waals surface area contributed by atoms with Crippen LogP contribution in [0.5, 0.6) is 0 Å². The largest absolute Gasteiger partial charge is 0.380 e. The molecule has 0 bridgehead atoms. The highest BCUT2D eigenvalue weighted by Crippen LogP contribution is 2.21. The summed E-state index contributed by atoms with van der Waals surface area (Å²) in [6.07, 6.45) is 0. The van der Waals surface area contributed by atoms with E-state index in [0.717, 1.165) is 0 Å². The van der Waals surface area contributed by atoms with Crippen molar-refractivity contribution in [1.29, 1.82) is 0 Å². The first-order chi connectivity index (χ1) is 8.54. The van der Waals surface area contributed by atoms with Crippen molar-refractivity contribution in [3.05, 3.63) is 33.8 Å². The summed E-state index contributed by atoms with van der Waals surface area (Å²) in [6, 6.07) is 4.90. The summed E-state index contributed by atoms with van der Waals surface area (Å²) in [5.74, 6) is -0.0403. The van der Waals surface area contributed by atoms with Gasteiger partial charge in [-0.1, -0.05) is 23.2 Å². The molecular formula is C13H17Cl2NO2. The van der Waals surface area contributed by atoms with Gasteiger partial charge in [-0.25, -0.2) is 0 Å². The smallest absolute Gasteiger partial charge is 0.178 e. The van der Waals surface area contributed by atoms with E-state index in [1.165, 1.54) is 0 Å². The first kappa shape index (κ1) is 15.4. The van der Waals surface area contributed by atoms with E-state index in [-0.39, 0.29) is 5.78 Å². The van der Waals surface area contributed by atoms with Crippen molar-refractivity contribution in [2.45, 2.75) is 6.92 Å². The molecule has 0 atom stereocenters. The number of carbonyl (C=O) groups excluding carboxylic acids is 1. The van der Waals surface area contributed by atoms with E-state index in [9.17, 15) is 4.79 Å². The Kier molecular flexibility index (Phi) is 6.65. The van der Waals surface area contributed by atoms with Gasteiger partial charge in [-0.3, -0.25) is 9.69 Å².